The van der Waals surface area contributed by atoms with Crippen molar-refractivity contribution in [2.45, 2.75) is 52.6 Å². The zero-order valence-electron chi connectivity index (χ0n) is 14.5. The highest BCUT2D eigenvalue weighted by molar-refractivity contribution is 5.71. The fourth-order valence-corrected chi connectivity index (χ4v) is 3.10. The highest BCUT2D eigenvalue weighted by atomic mass is 16.4. The predicted octanol–water partition coefficient (Wildman–Crippen LogP) is 4.31. The first-order chi connectivity index (χ1) is 10.8. The van der Waals surface area contributed by atoms with Gasteiger partial charge in [-0.15, -0.1) is 6.58 Å². The van der Waals surface area contributed by atoms with E-state index < -0.39 is 18.0 Å². The molecule has 0 aliphatic carbocycles. The Morgan fingerprint density at radius 2 is 1.91 bits per heavy atom. The van der Waals surface area contributed by atoms with Crippen molar-refractivity contribution in [3.63, 3.8) is 0 Å². The number of carbonyl (C=O) groups is 1. The van der Waals surface area contributed by atoms with Crippen LogP contribution in [-0.4, -0.2) is 22.3 Å². The Morgan fingerprint density at radius 3 is 2.39 bits per heavy atom. The zero-order valence-corrected chi connectivity index (χ0v) is 14.5. The van der Waals surface area contributed by atoms with E-state index in [1.165, 1.54) is 0 Å². The molecule has 0 bridgehead atoms. The van der Waals surface area contributed by atoms with E-state index in [4.69, 9.17) is 0 Å². The van der Waals surface area contributed by atoms with Crippen molar-refractivity contribution in [3.05, 3.63) is 48.6 Å². The van der Waals surface area contributed by atoms with Gasteiger partial charge in [-0.2, -0.15) is 0 Å². The second kappa shape index (κ2) is 8.88. The summed E-state index contributed by atoms with van der Waals surface area (Å²) in [5.41, 5.74) is 0.989. The van der Waals surface area contributed by atoms with Crippen molar-refractivity contribution in [3.8, 4) is 0 Å². The molecule has 0 aliphatic rings. The predicted molar refractivity (Wildman–Crippen MR) is 94.3 cm³/mol. The van der Waals surface area contributed by atoms with Crippen molar-refractivity contribution in [1.29, 1.82) is 0 Å². The molecule has 3 unspecified atom stereocenters. The van der Waals surface area contributed by atoms with Gasteiger partial charge in [-0.3, -0.25) is 4.79 Å². The third kappa shape index (κ3) is 6.19. The number of aryl methyl sites for hydroxylation is 1. The molecular weight excluding hydrogens is 288 g/mol. The van der Waals surface area contributed by atoms with E-state index in [1.54, 1.807) is 0 Å². The highest BCUT2D eigenvalue weighted by Gasteiger charge is 2.35. The van der Waals surface area contributed by atoms with Crippen LogP contribution in [0.2, 0.25) is 0 Å². The minimum atomic E-state index is -0.905. The van der Waals surface area contributed by atoms with E-state index in [0.717, 1.165) is 12.0 Å². The Kier molecular flexibility index (Phi) is 7.50. The molecule has 0 heterocycles. The number of aliphatic hydroxyl groups is 1. The Balaban J connectivity index is 2.78. The maximum atomic E-state index is 11.7. The minimum Gasteiger partial charge on any atom is -0.481 e. The van der Waals surface area contributed by atoms with E-state index in [2.05, 4.69) is 20.4 Å². The summed E-state index contributed by atoms with van der Waals surface area (Å²) in [5.74, 6) is -1.70. The molecule has 0 radical (unpaired) electrons. The first-order valence-electron chi connectivity index (χ1n) is 8.39. The van der Waals surface area contributed by atoms with Crippen LogP contribution in [0.25, 0.3) is 0 Å². The minimum absolute atomic E-state index is 0.0636. The van der Waals surface area contributed by atoms with Crippen molar-refractivity contribution < 1.29 is 15.0 Å². The van der Waals surface area contributed by atoms with Gasteiger partial charge in [0.15, 0.2) is 0 Å². The molecule has 128 valence electrons. The van der Waals surface area contributed by atoms with Crippen LogP contribution in [0.3, 0.4) is 0 Å². The van der Waals surface area contributed by atoms with E-state index in [0.29, 0.717) is 19.3 Å². The van der Waals surface area contributed by atoms with Crippen molar-refractivity contribution in [2.75, 3.05) is 0 Å². The van der Waals surface area contributed by atoms with Crippen molar-refractivity contribution in [1.82, 2.24) is 0 Å². The van der Waals surface area contributed by atoms with Crippen LogP contribution in [0.4, 0.5) is 0 Å². The lowest BCUT2D eigenvalue weighted by molar-refractivity contribution is -0.149. The molecule has 0 saturated carbocycles. The van der Waals surface area contributed by atoms with Crippen LogP contribution >= 0.6 is 0 Å². The van der Waals surface area contributed by atoms with E-state index in [1.807, 2.05) is 43.3 Å². The summed E-state index contributed by atoms with van der Waals surface area (Å²) in [6, 6.07) is 9.86. The molecule has 2 N–H and O–H groups in total. The molecule has 0 aliphatic heterocycles. The van der Waals surface area contributed by atoms with E-state index >= 15 is 0 Å². The van der Waals surface area contributed by atoms with Gasteiger partial charge in [0.1, 0.15) is 0 Å². The van der Waals surface area contributed by atoms with Crippen molar-refractivity contribution in [2.24, 2.45) is 17.3 Å². The lowest BCUT2D eigenvalue weighted by Gasteiger charge is -2.32. The van der Waals surface area contributed by atoms with Crippen LogP contribution in [0, 0.1) is 17.3 Å². The number of aliphatic carboxylic acids is 1. The second-order valence-electron chi connectivity index (χ2n) is 7.02. The number of hydrogen-bond acceptors (Lipinski definition) is 2. The van der Waals surface area contributed by atoms with Gasteiger partial charge in [-0.25, -0.2) is 0 Å². The van der Waals surface area contributed by atoms with Gasteiger partial charge in [0.25, 0.3) is 0 Å². The quantitative estimate of drug-likeness (QED) is 0.632. The lowest BCUT2D eigenvalue weighted by atomic mass is 9.74. The average Bonchev–Trinajstić information content (AvgIpc) is 2.52. The highest BCUT2D eigenvalue weighted by Crippen LogP contribution is 2.35. The van der Waals surface area contributed by atoms with Gasteiger partial charge in [-0.1, -0.05) is 63.6 Å². The molecule has 23 heavy (non-hydrogen) atoms. The Labute approximate surface area is 140 Å². The summed E-state index contributed by atoms with van der Waals surface area (Å²) in [6.45, 7) is 9.93. The van der Waals surface area contributed by atoms with Crippen molar-refractivity contribution >= 4 is 5.97 Å². The third-order valence-electron chi connectivity index (χ3n) is 4.64. The maximum Gasteiger partial charge on any atom is 0.309 e. The molecule has 0 fully saturated rings. The molecule has 1 aromatic carbocycles. The largest absolute Gasteiger partial charge is 0.481 e. The summed E-state index contributed by atoms with van der Waals surface area (Å²) in [6.07, 6.45) is 3.63. The fraction of sp³-hybridized carbons (Fsp3) is 0.550. The molecule has 3 heteroatoms. The summed E-state index contributed by atoms with van der Waals surface area (Å²) in [4.78, 5) is 11.7. The topological polar surface area (TPSA) is 57.5 Å². The Bertz CT molecular complexity index is 493. The molecule has 0 saturated heterocycles. The van der Waals surface area contributed by atoms with Gasteiger partial charge < -0.3 is 10.2 Å². The smallest absolute Gasteiger partial charge is 0.309 e. The van der Waals surface area contributed by atoms with Gasteiger partial charge in [0.05, 0.1) is 12.0 Å². The number of rotatable bonds is 10. The van der Waals surface area contributed by atoms with Gasteiger partial charge >= 0.3 is 5.97 Å². The van der Waals surface area contributed by atoms with Crippen LogP contribution in [0.5, 0.6) is 0 Å². The molecular formula is C20H30O3. The van der Waals surface area contributed by atoms with Gasteiger partial charge in [0.2, 0.25) is 0 Å². The first-order valence-corrected chi connectivity index (χ1v) is 8.39. The van der Waals surface area contributed by atoms with Crippen LogP contribution in [0.15, 0.2) is 43.0 Å². The number of benzene rings is 1. The summed E-state index contributed by atoms with van der Waals surface area (Å²) in [5, 5.41) is 20.1. The Morgan fingerprint density at radius 1 is 1.30 bits per heavy atom. The number of aliphatic hydroxyl groups excluding tert-OH is 1. The molecule has 3 atom stereocenters. The Hall–Kier alpha value is -1.61. The standard InChI is InChI=1S/C20H30O3/c1-5-16(14-20(3,4)6-2)18(19(22)23)17(21)13-12-15-10-8-7-9-11-15/h6-11,16-18,21H,2,5,12-14H2,1,3-4H3,(H,22,23). The number of hydrogen-bond donors (Lipinski definition) is 2. The maximum absolute atomic E-state index is 11.7. The normalized spacial score (nSPS) is 15.7. The monoisotopic (exact) mass is 318 g/mol. The van der Waals surface area contributed by atoms with Gasteiger partial charge in [0, 0.05) is 0 Å². The van der Waals surface area contributed by atoms with E-state index in [9.17, 15) is 15.0 Å². The van der Waals surface area contributed by atoms with Crippen LogP contribution < -0.4 is 0 Å². The van der Waals surface area contributed by atoms with Crippen LogP contribution in [-0.2, 0) is 11.2 Å². The van der Waals surface area contributed by atoms with E-state index in [-0.39, 0.29) is 11.3 Å². The molecule has 0 amide bonds. The van der Waals surface area contributed by atoms with Crippen LogP contribution in [0.1, 0.15) is 45.6 Å². The molecule has 0 aromatic heterocycles. The van der Waals surface area contributed by atoms with Gasteiger partial charge in [-0.05, 0) is 36.2 Å². The first kappa shape index (κ1) is 19.4. The summed E-state index contributed by atoms with van der Waals surface area (Å²) in [7, 11) is 0. The third-order valence-corrected chi connectivity index (χ3v) is 4.64. The fourth-order valence-electron chi connectivity index (χ4n) is 3.10. The average molecular weight is 318 g/mol. The number of allylic oxidation sites excluding steroid dienone is 1. The molecule has 1 rings (SSSR count). The lowest BCUT2D eigenvalue weighted by Crippen LogP contribution is -2.36. The summed E-state index contributed by atoms with van der Waals surface area (Å²) < 4.78 is 0. The summed E-state index contributed by atoms with van der Waals surface area (Å²) >= 11 is 0. The number of carboxylic acids is 1. The zero-order chi connectivity index (χ0) is 17.5. The second-order valence-corrected chi connectivity index (χ2v) is 7.02. The molecule has 3 nitrogen and oxygen atoms in total. The number of carboxylic acid groups (broad SMARTS) is 1. The molecule has 0 spiro atoms. The SMILES string of the molecule is C=CC(C)(C)CC(CC)C(C(=O)O)C(O)CCc1ccccc1. The molecule has 1 aromatic rings.